The second kappa shape index (κ2) is 16.5. The quantitative estimate of drug-likeness (QED) is 0.357. The van der Waals surface area contributed by atoms with Crippen LogP contribution < -0.4 is 11.1 Å². The Morgan fingerprint density at radius 2 is 1.64 bits per heavy atom. The molecule has 0 bridgehead atoms. The van der Waals surface area contributed by atoms with Gasteiger partial charge in [-0.15, -0.1) is 0 Å². The van der Waals surface area contributed by atoms with Crippen LogP contribution in [0.5, 0.6) is 0 Å². The van der Waals surface area contributed by atoms with Crippen LogP contribution in [0.15, 0.2) is 42.5 Å². The number of carbonyl (C=O) groups is 3. The van der Waals surface area contributed by atoms with Gasteiger partial charge in [0.15, 0.2) is 0 Å². The summed E-state index contributed by atoms with van der Waals surface area (Å²) in [6.07, 6.45) is 0.794. The Morgan fingerprint density at radius 3 is 2.17 bits per heavy atom. The van der Waals surface area contributed by atoms with Crippen molar-refractivity contribution in [2.45, 2.75) is 45.6 Å². The molecule has 3 rings (SSSR count). The number of morpholine rings is 1. The van der Waals surface area contributed by atoms with Crippen molar-refractivity contribution in [1.82, 2.24) is 10.2 Å². The Kier molecular flexibility index (Phi) is 14.2. The fourth-order valence-electron chi connectivity index (χ4n) is 3.51. The van der Waals surface area contributed by atoms with Gasteiger partial charge in [-0.2, -0.15) is 0 Å². The second-order valence-corrected chi connectivity index (χ2v) is 8.67. The Bertz CT molecular complexity index is 962. The second-order valence-electron chi connectivity index (χ2n) is 8.67. The smallest absolute Gasteiger partial charge is 0.326 e. The van der Waals surface area contributed by atoms with E-state index >= 15 is 0 Å². The van der Waals surface area contributed by atoms with Gasteiger partial charge in [0.05, 0.1) is 13.2 Å². The highest BCUT2D eigenvalue weighted by atomic mass is 16.5. The van der Waals surface area contributed by atoms with Crippen LogP contribution in [0.1, 0.15) is 25.8 Å². The van der Waals surface area contributed by atoms with Gasteiger partial charge in [-0.25, -0.2) is 9.59 Å². The van der Waals surface area contributed by atoms with Crippen molar-refractivity contribution in [2.75, 3.05) is 26.3 Å². The summed E-state index contributed by atoms with van der Waals surface area (Å²) in [7, 11) is 0.250. The van der Waals surface area contributed by atoms with Crippen molar-refractivity contribution in [2.24, 2.45) is 11.7 Å². The van der Waals surface area contributed by atoms with Gasteiger partial charge in [0.25, 0.3) is 7.48 Å². The van der Waals surface area contributed by atoms with Crippen LogP contribution in [0, 0.1) is 5.92 Å². The molecule has 1 fully saturated rings. The number of rotatable bonds is 7. The highest BCUT2D eigenvalue weighted by Crippen LogP contribution is 2.20. The van der Waals surface area contributed by atoms with E-state index in [0.29, 0.717) is 38.6 Å². The van der Waals surface area contributed by atoms with E-state index in [9.17, 15) is 19.5 Å². The summed E-state index contributed by atoms with van der Waals surface area (Å²) in [6, 6.07) is 11.6. The molecule has 1 saturated heterocycles. The van der Waals surface area contributed by atoms with E-state index in [1.54, 1.807) is 11.7 Å². The van der Waals surface area contributed by atoms with E-state index in [2.05, 4.69) is 5.32 Å². The van der Waals surface area contributed by atoms with Gasteiger partial charge in [-0.3, -0.25) is 4.79 Å². The summed E-state index contributed by atoms with van der Waals surface area (Å²) in [6.45, 7) is 7.49. The molecule has 0 saturated carbocycles. The molecule has 11 heteroatoms. The number of carbonyl (C=O) groups excluding carboxylic acids is 1. The predicted molar refractivity (Wildman–Crippen MR) is 140 cm³/mol. The number of nitrogens with zero attached hydrogens (tertiary/aromatic N) is 1. The van der Waals surface area contributed by atoms with Gasteiger partial charge in [0, 0.05) is 19.5 Å². The standard InChI is InChI=1S/C18H20N2O4.C6H13NO2.CH5BO/c21-17(22)16(19-18(23)20-8-10-24-11-9-20)12-14-6-3-5-13-4-1-2-7-15(13)14;1-4(2)3-5(7)6(8)9;1-2-3/h1-7,16H,8-12H2,(H,19,23)(H,21,22);4-5H,3,7H2,1-2H3,(H,8,9);2-3H,1H3/t16-;5-;/m00./s1. The van der Waals surface area contributed by atoms with Crippen LogP contribution in [0.4, 0.5) is 4.79 Å². The third-order valence-corrected chi connectivity index (χ3v) is 5.24. The Hall–Kier alpha value is -3.15. The zero-order valence-electron chi connectivity index (χ0n) is 21.2. The summed E-state index contributed by atoms with van der Waals surface area (Å²) in [5, 5.41) is 30.1. The van der Waals surface area contributed by atoms with E-state index in [0.717, 1.165) is 16.3 Å². The number of fused-ring (bicyclic) bond motifs is 1. The van der Waals surface area contributed by atoms with Gasteiger partial charge in [-0.1, -0.05) is 63.1 Å². The molecule has 1 heterocycles. The van der Waals surface area contributed by atoms with Crippen LogP contribution in [-0.4, -0.2) is 84.0 Å². The Morgan fingerprint density at radius 1 is 1.06 bits per heavy atom. The molecule has 10 nitrogen and oxygen atoms in total. The zero-order valence-corrected chi connectivity index (χ0v) is 21.2. The first kappa shape index (κ1) is 30.9. The first-order valence-electron chi connectivity index (χ1n) is 12.0. The first-order valence-corrected chi connectivity index (χ1v) is 12.0. The van der Waals surface area contributed by atoms with Crippen LogP contribution in [0.3, 0.4) is 0 Å². The highest BCUT2D eigenvalue weighted by Gasteiger charge is 2.25. The van der Waals surface area contributed by atoms with Crippen molar-refractivity contribution in [1.29, 1.82) is 0 Å². The fraction of sp³-hybridized carbons (Fsp3) is 0.480. The van der Waals surface area contributed by atoms with Gasteiger partial charge < -0.3 is 35.9 Å². The highest BCUT2D eigenvalue weighted by molar-refractivity contribution is 6.22. The van der Waals surface area contributed by atoms with Crippen molar-refractivity contribution in [3.05, 3.63) is 48.0 Å². The normalized spacial score (nSPS) is 14.4. The molecule has 0 aromatic heterocycles. The molecule has 6 N–H and O–H groups in total. The van der Waals surface area contributed by atoms with Gasteiger partial charge in [0.1, 0.15) is 12.1 Å². The molecule has 0 spiro atoms. The van der Waals surface area contributed by atoms with E-state index in [-0.39, 0.29) is 19.9 Å². The number of hydrogen-bond acceptors (Lipinski definition) is 6. The third-order valence-electron chi connectivity index (χ3n) is 5.24. The van der Waals surface area contributed by atoms with Crippen LogP contribution >= 0.6 is 0 Å². The van der Waals surface area contributed by atoms with Crippen molar-refractivity contribution >= 4 is 36.2 Å². The number of ether oxygens (including phenoxy) is 1. The molecule has 1 aliphatic rings. The molecule has 2 atom stereocenters. The Balaban J connectivity index is 0.000000454. The number of nitrogens with one attached hydrogen (secondary N) is 1. The lowest BCUT2D eigenvalue weighted by Gasteiger charge is -2.28. The maximum atomic E-state index is 12.3. The maximum Gasteiger partial charge on any atom is 0.326 e. The SMILES string of the molecule is CBO.CC(C)C[C@H](N)C(=O)O.O=C(O)[C@H](Cc1cccc2ccccc12)NC(=O)N1CCOCC1. The van der Waals surface area contributed by atoms with E-state index in [1.165, 1.54) is 0 Å². The van der Waals surface area contributed by atoms with Crippen molar-refractivity contribution in [3.63, 3.8) is 0 Å². The summed E-state index contributed by atoms with van der Waals surface area (Å²) in [5.74, 6) is -1.59. The monoisotopic (exact) mass is 503 g/mol. The predicted octanol–water partition coefficient (Wildman–Crippen LogP) is 1.70. The van der Waals surface area contributed by atoms with Gasteiger partial charge in [0.2, 0.25) is 0 Å². The first-order chi connectivity index (χ1) is 17.1. The van der Waals surface area contributed by atoms with Gasteiger partial charge >= 0.3 is 18.0 Å². The molecular weight excluding hydrogens is 465 g/mol. The number of amides is 2. The average Bonchev–Trinajstić information content (AvgIpc) is 2.84. The van der Waals surface area contributed by atoms with E-state index < -0.39 is 24.0 Å². The van der Waals surface area contributed by atoms with Crippen molar-refractivity contribution < 1.29 is 34.4 Å². The lowest BCUT2D eigenvalue weighted by atomic mass is 9.99. The minimum absolute atomic E-state index is 0.243. The van der Waals surface area contributed by atoms with Crippen LogP contribution in [-0.2, 0) is 20.7 Å². The van der Waals surface area contributed by atoms with Crippen LogP contribution in [0.25, 0.3) is 10.8 Å². The van der Waals surface area contributed by atoms with Gasteiger partial charge in [-0.05, 0) is 28.7 Å². The number of carboxylic acids is 2. The molecule has 2 aromatic carbocycles. The molecule has 0 unspecified atom stereocenters. The van der Waals surface area contributed by atoms with E-state index in [1.807, 2.05) is 56.3 Å². The number of urea groups is 1. The topological polar surface area (TPSA) is 162 Å². The summed E-state index contributed by atoms with van der Waals surface area (Å²) in [4.78, 5) is 35.6. The van der Waals surface area contributed by atoms with Crippen molar-refractivity contribution in [3.8, 4) is 0 Å². The lowest BCUT2D eigenvalue weighted by Crippen LogP contribution is -2.51. The molecule has 0 aliphatic carbocycles. The number of benzene rings is 2. The number of hydrogen-bond donors (Lipinski definition) is 5. The zero-order chi connectivity index (χ0) is 27.1. The third kappa shape index (κ3) is 11.1. The molecular formula is C25H38BN3O7. The minimum atomic E-state index is -1.04. The molecule has 198 valence electrons. The van der Waals surface area contributed by atoms with E-state index in [4.69, 9.17) is 20.6 Å². The largest absolute Gasteiger partial charge is 0.480 e. The number of nitrogens with two attached hydrogens (primary N) is 1. The molecule has 2 amide bonds. The lowest BCUT2D eigenvalue weighted by molar-refractivity contribution is -0.140. The molecule has 0 radical (unpaired) electrons. The average molecular weight is 503 g/mol. The number of aliphatic carboxylic acids is 2. The Labute approximate surface area is 212 Å². The van der Waals surface area contributed by atoms with Crippen LogP contribution in [0.2, 0.25) is 6.82 Å². The maximum absolute atomic E-state index is 12.3. The molecule has 36 heavy (non-hydrogen) atoms. The summed E-state index contributed by atoms with van der Waals surface area (Å²) < 4.78 is 5.21. The molecule has 1 aliphatic heterocycles. The summed E-state index contributed by atoms with van der Waals surface area (Å²) >= 11 is 0. The molecule has 2 aromatic rings. The fourth-order valence-corrected chi connectivity index (χ4v) is 3.51. The summed E-state index contributed by atoms with van der Waals surface area (Å²) in [5.41, 5.74) is 6.12. The minimum Gasteiger partial charge on any atom is -0.480 e. The number of carboxylic acid groups (broad SMARTS) is 2.